The second-order valence-corrected chi connectivity index (χ2v) is 8.44. The fourth-order valence-corrected chi connectivity index (χ4v) is 3.64. The van der Waals surface area contributed by atoms with Crippen LogP contribution in [0.15, 0.2) is 54.6 Å². The number of aryl methyl sites for hydroxylation is 1. The molecule has 0 radical (unpaired) electrons. The van der Waals surface area contributed by atoms with E-state index in [0.29, 0.717) is 12.1 Å². The van der Waals surface area contributed by atoms with E-state index in [1.54, 1.807) is 0 Å². The first-order valence-electron chi connectivity index (χ1n) is 11.1. The number of carbonyl (C=O) groups is 2. The molecule has 1 aliphatic heterocycles. The number of likely N-dealkylation sites (N-methyl/N-ethyl adjacent to an activating group) is 1. The Kier molecular flexibility index (Phi) is 8.77. The third-order valence-corrected chi connectivity index (χ3v) is 5.56. The predicted octanol–water partition coefficient (Wildman–Crippen LogP) is 2.48. The van der Waals surface area contributed by atoms with Gasteiger partial charge in [0.25, 0.3) is 0 Å². The summed E-state index contributed by atoms with van der Waals surface area (Å²) in [7, 11) is 2.02. The molecule has 1 aromatic heterocycles. The van der Waals surface area contributed by atoms with Crippen LogP contribution in [0.3, 0.4) is 0 Å². The fraction of sp³-hybridized carbons (Fsp3) is 0.231. The number of aliphatic hydroxyl groups excluding tert-OH is 2. The van der Waals surface area contributed by atoms with E-state index >= 15 is 0 Å². The van der Waals surface area contributed by atoms with Crippen molar-refractivity contribution in [2.45, 2.75) is 25.7 Å². The van der Waals surface area contributed by atoms with Crippen molar-refractivity contribution in [1.82, 2.24) is 15.1 Å². The van der Waals surface area contributed by atoms with Gasteiger partial charge in [0.1, 0.15) is 11.6 Å². The van der Waals surface area contributed by atoms with Gasteiger partial charge < -0.3 is 20.4 Å². The Labute approximate surface area is 211 Å². The second kappa shape index (κ2) is 11.8. The quantitative estimate of drug-likeness (QED) is 0.404. The van der Waals surface area contributed by atoms with Crippen molar-refractivity contribution >= 4 is 17.5 Å². The lowest BCUT2D eigenvalue weighted by atomic mass is 9.92. The van der Waals surface area contributed by atoms with Crippen molar-refractivity contribution in [3.8, 4) is 11.3 Å². The Morgan fingerprint density at radius 3 is 2.14 bits per heavy atom. The molecule has 11 heteroatoms. The highest BCUT2D eigenvalue weighted by Gasteiger charge is 2.29. The molecule has 4 N–H and O–H groups in total. The maximum atomic E-state index is 14.4. The second-order valence-electron chi connectivity index (χ2n) is 8.44. The maximum Gasteiger partial charge on any atom is 0.335 e. The van der Waals surface area contributed by atoms with E-state index in [4.69, 9.17) is 20.4 Å². The monoisotopic (exact) mass is 513 g/mol. The molecular formula is C26H25F2N3O6. The Balaban J connectivity index is 0.000000325. The summed E-state index contributed by atoms with van der Waals surface area (Å²) < 4.78 is 27.8. The summed E-state index contributed by atoms with van der Waals surface area (Å²) in [6, 6.07) is 13.6. The summed E-state index contributed by atoms with van der Waals surface area (Å²) in [4.78, 5) is 21.7. The first-order chi connectivity index (χ1) is 17.5. The summed E-state index contributed by atoms with van der Waals surface area (Å²) in [5.74, 6) is -4.66. The fourth-order valence-electron chi connectivity index (χ4n) is 3.64. The van der Waals surface area contributed by atoms with Gasteiger partial charge in [-0.1, -0.05) is 18.2 Å². The number of hydrogen-bond acceptors (Lipinski definition) is 7. The SMILES string of the molecule is Cc1ccc(-c2ccc3c(c2)CN(C)CC=C3c2ccc(F)cc2F)nn1.O=C(O)[C@H](O)[C@@H](O)C(=O)O. The summed E-state index contributed by atoms with van der Waals surface area (Å²) >= 11 is 0. The molecule has 0 amide bonds. The van der Waals surface area contributed by atoms with E-state index in [0.717, 1.165) is 46.3 Å². The van der Waals surface area contributed by atoms with Crippen molar-refractivity contribution in [3.05, 3.63) is 88.6 Å². The average molecular weight is 513 g/mol. The molecular weight excluding hydrogens is 488 g/mol. The van der Waals surface area contributed by atoms with Crippen molar-refractivity contribution < 1.29 is 38.8 Å². The Morgan fingerprint density at radius 1 is 0.919 bits per heavy atom. The lowest BCUT2D eigenvalue weighted by molar-refractivity contribution is -0.165. The van der Waals surface area contributed by atoms with Crippen LogP contribution >= 0.6 is 0 Å². The maximum absolute atomic E-state index is 14.4. The number of carboxylic acid groups (broad SMARTS) is 2. The highest BCUT2D eigenvalue weighted by atomic mass is 19.1. The van der Waals surface area contributed by atoms with Gasteiger partial charge in [-0.25, -0.2) is 18.4 Å². The number of aromatic nitrogens is 2. The van der Waals surface area contributed by atoms with Crippen molar-refractivity contribution in [2.24, 2.45) is 0 Å². The van der Waals surface area contributed by atoms with E-state index < -0.39 is 35.8 Å². The number of hydrogen-bond donors (Lipinski definition) is 4. The molecule has 37 heavy (non-hydrogen) atoms. The molecule has 0 aliphatic carbocycles. The topological polar surface area (TPSA) is 144 Å². The molecule has 0 spiro atoms. The van der Waals surface area contributed by atoms with Crippen molar-refractivity contribution in [3.63, 3.8) is 0 Å². The lowest BCUT2D eigenvalue weighted by Crippen LogP contribution is -2.39. The summed E-state index contributed by atoms with van der Waals surface area (Å²) in [6.07, 6.45) is -2.54. The minimum absolute atomic E-state index is 0.413. The molecule has 2 aromatic carbocycles. The summed E-state index contributed by atoms with van der Waals surface area (Å²) in [5.41, 5.74) is 5.86. The molecule has 194 valence electrons. The third-order valence-electron chi connectivity index (χ3n) is 5.56. The number of halogens is 2. The van der Waals surface area contributed by atoms with E-state index in [1.165, 1.54) is 12.1 Å². The molecule has 0 saturated heterocycles. The van der Waals surface area contributed by atoms with Gasteiger partial charge in [0.2, 0.25) is 0 Å². The van der Waals surface area contributed by atoms with Gasteiger partial charge in [-0.3, -0.25) is 4.90 Å². The molecule has 0 saturated carbocycles. The van der Waals surface area contributed by atoms with E-state index in [2.05, 4.69) is 21.2 Å². The minimum Gasteiger partial charge on any atom is -0.479 e. The zero-order chi connectivity index (χ0) is 27.3. The van der Waals surface area contributed by atoms with Crippen LogP contribution in [-0.4, -0.2) is 73.3 Å². The number of aliphatic hydroxyl groups is 2. The van der Waals surface area contributed by atoms with Gasteiger partial charge >= 0.3 is 11.9 Å². The Bertz CT molecular complexity index is 1310. The largest absolute Gasteiger partial charge is 0.479 e. The Hall–Kier alpha value is -4.06. The van der Waals surface area contributed by atoms with Crippen LogP contribution in [-0.2, 0) is 16.1 Å². The zero-order valence-electron chi connectivity index (χ0n) is 20.0. The van der Waals surface area contributed by atoms with Gasteiger partial charge in [0.15, 0.2) is 12.2 Å². The molecule has 1 aliphatic rings. The molecule has 3 aromatic rings. The van der Waals surface area contributed by atoms with Crippen LogP contribution in [0.1, 0.15) is 22.4 Å². The smallest absolute Gasteiger partial charge is 0.335 e. The number of nitrogens with zero attached hydrogens (tertiary/aromatic N) is 3. The van der Waals surface area contributed by atoms with E-state index in [1.807, 2.05) is 44.3 Å². The van der Waals surface area contributed by atoms with Crippen LogP contribution in [0, 0.1) is 18.6 Å². The molecule has 0 unspecified atom stereocenters. The minimum atomic E-state index is -2.27. The summed E-state index contributed by atoms with van der Waals surface area (Å²) in [6.45, 7) is 3.31. The zero-order valence-corrected chi connectivity index (χ0v) is 20.0. The van der Waals surface area contributed by atoms with E-state index in [9.17, 15) is 18.4 Å². The number of carboxylic acids is 2. The van der Waals surface area contributed by atoms with Gasteiger partial charge in [0.05, 0.1) is 11.4 Å². The molecule has 4 rings (SSSR count). The molecule has 0 bridgehead atoms. The standard InChI is InChI=1S/C22H19F2N3.C4H6O6/c1-14-3-8-22(26-25-14)15-4-6-18-16(11-15)13-27(2)10-9-19(18)20-7-5-17(23)12-21(20)24;5-1(3(7)8)2(6)4(9)10/h3-9,11-12H,10,13H2,1-2H3;1-2,5-6H,(H,7,8)(H,9,10)/t;1-,2-/m.1/s1. The first-order valence-corrected chi connectivity index (χ1v) is 11.1. The highest BCUT2D eigenvalue weighted by molar-refractivity contribution is 5.84. The number of fused-ring (bicyclic) bond motifs is 1. The normalized spacial score (nSPS) is 14.8. The van der Waals surface area contributed by atoms with Gasteiger partial charge in [-0.15, -0.1) is 0 Å². The van der Waals surface area contributed by atoms with Crippen molar-refractivity contribution in [2.75, 3.05) is 13.6 Å². The van der Waals surface area contributed by atoms with Gasteiger partial charge in [-0.05, 0) is 61.0 Å². The van der Waals surface area contributed by atoms with Gasteiger partial charge in [-0.2, -0.15) is 10.2 Å². The summed E-state index contributed by atoms with van der Waals surface area (Å²) in [5, 5.41) is 40.9. The Morgan fingerprint density at radius 2 is 1.57 bits per heavy atom. The molecule has 9 nitrogen and oxygen atoms in total. The molecule has 2 atom stereocenters. The molecule has 2 heterocycles. The number of benzene rings is 2. The van der Waals surface area contributed by atoms with Crippen LogP contribution in [0.2, 0.25) is 0 Å². The van der Waals surface area contributed by atoms with E-state index in [-0.39, 0.29) is 0 Å². The third kappa shape index (κ3) is 6.79. The van der Waals surface area contributed by atoms with Crippen LogP contribution < -0.4 is 0 Å². The van der Waals surface area contributed by atoms with Crippen LogP contribution in [0.25, 0.3) is 16.8 Å². The number of rotatable bonds is 5. The highest BCUT2D eigenvalue weighted by Crippen LogP contribution is 2.33. The average Bonchev–Trinajstić information content (AvgIpc) is 3.01. The van der Waals surface area contributed by atoms with Crippen molar-refractivity contribution in [1.29, 1.82) is 0 Å². The predicted molar refractivity (Wildman–Crippen MR) is 129 cm³/mol. The van der Waals surface area contributed by atoms with Gasteiger partial charge in [0, 0.05) is 30.3 Å². The van der Waals surface area contributed by atoms with Crippen LogP contribution in [0.5, 0.6) is 0 Å². The number of aliphatic carboxylic acids is 2. The van der Waals surface area contributed by atoms with Crippen LogP contribution in [0.4, 0.5) is 8.78 Å². The first kappa shape index (κ1) is 27.5. The lowest BCUT2D eigenvalue weighted by Gasteiger charge is -2.15. The molecule has 0 fully saturated rings.